The van der Waals surface area contributed by atoms with Crippen LogP contribution in [0.3, 0.4) is 0 Å². The van der Waals surface area contributed by atoms with Gasteiger partial charge in [0.05, 0.1) is 11.4 Å². The maximum Gasteiger partial charge on any atom is 0.270 e. The van der Waals surface area contributed by atoms with Crippen molar-refractivity contribution in [3.63, 3.8) is 0 Å². The molecule has 2 aromatic carbocycles. The van der Waals surface area contributed by atoms with Crippen LogP contribution in [0, 0.1) is 20.8 Å². The first kappa shape index (κ1) is 18.1. The molecule has 0 saturated heterocycles. The summed E-state index contributed by atoms with van der Waals surface area (Å²) < 4.78 is 13.5. The summed E-state index contributed by atoms with van der Waals surface area (Å²) in [5.41, 5.74) is 3.98. The molecule has 0 fully saturated rings. The summed E-state index contributed by atoms with van der Waals surface area (Å²) in [5.74, 6) is 1.55. The number of aromatic nitrogens is 2. The van der Waals surface area contributed by atoms with Gasteiger partial charge in [-0.2, -0.15) is 5.10 Å². The molecule has 0 bridgehead atoms. The molecular formula is C22H23N3O3. The zero-order valence-electron chi connectivity index (χ0n) is 16.4. The first-order chi connectivity index (χ1) is 13.4. The zero-order valence-corrected chi connectivity index (χ0v) is 16.4. The van der Waals surface area contributed by atoms with Crippen molar-refractivity contribution in [2.75, 3.05) is 5.32 Å². The van der Waals surface area contributed by atoms with Crippen molar-refractivity contribution < 1.29 is 14.3 Å². The van der Waals surface area contributed by atoms with Gasteiger partial charge in [-0.25, -0.2) is 4.68 Å². The first-order valence-corrected chi connectivity index (χ1v) is 9.29. The van der Waals surface area contributed by atoms with Gasteiger partial charge >= 0.3 is 0 Å². The quantitative estimate of drug-likeness (QED) is 0.750. The number of hydrogen-bond acceptors (Lipinski definition) is 4. The summed E-state index contributed by atoms with van der Waals surface area (Å²) >= 11 is 0. The molecule has 2 unspecified atom stereocenters. The van der Waals surface area contributed by atoms with E-state index in [2.05, 4.69) is 16.5 Å². The van der Waals surface area contributed by atoms with Gasteiger partial charge in [0.25, 0.3) is 5.91 Å². The second-order valence-electron chi connectivity index (χ2n) is 7.23. The number of para-hydroxylation sites is 2. The van der Waals surface area contributed by atoms with Gasteiger partial charge in [-0.05, 0) is 63.1 Å². The number of rotatable bonds is 3. The molecule has 1 aromatic heterocycles. The molecule has 3 aromatic rings. The number of hydrogen-bond donors (Lipinski definition) is 1. The number of aryl methyl sites for hydroxylation is 3. The number of ether oxygens (including phenoxy) is 2. The second-order valence-corrected chi connectivity index (χ2v) is 7.23. The predicted octanol–water partition coefficient (Wildman–Crippen LogP) is 3.96. The third-order valence-electron chi connectivity index (χ3n) is 4.63. The number of amides is 1. The molecular weight excluding hydrogens is 354 g/mol. The molecule has 2 heterocycles. The van der Waals surface area contributed by atoms with Crippen LogP contribution in [0.4, 0.5) is 5.82 Å². The Labute approximate surface area is 164 Å². The molecule has 1 aliphatic rings. The molecule has 144 valence electrons. The largest absolute Gasteiger partial charge is 0.482 e. The number of benzene rings is 2. The zero-order chi connectivity index (χ0) is 19.8. The third-order valence-corrected chi connectivity index (χ3v) is 4.63. The van der Waals surface area contributed by atoms with Crippen molar-refractivity contribution in [1.29, 1.82) is 0 Å². The van der Waals surface area contributed by atoms with Crippen LogP contribution >= 0.6 is 0 Å². The van der Waals surface area contributed by atoms with E-state index < -0.39 is 12.2 Å². The van der Waals surface area contributed by atoms with E-state index in [1.54, 1.807) is 10.7 Å². The van der Waals surface area contributed by atoms with Crippen LogP contribution in [-0.2, 0) is 4.79 Å². The second kappa shape index (κ2) is 7.03. The van der Waals surface area contributed by atoms with Crippen LogP contribution in [0.5, 0.6) is 11.5 Å². The Morgan fingerprint density at radius 1 is 1.00 bits per heavy atom. The van der Waals surface area contributed by atoms with Gasteiger partial charge < -0.3 is 14.8 Å². The molecule has 0 radical (unpaired) electrons. The lowest BCUT2D eigenvalue weighted by Gasteiger charge is -2.31. The topological polar surface area (TPSA) is 65.4 Å². The van der Waals surface area contributed by atoms with Gasteiger partial charge in [0, 0.05) is 6.07 Å². The van der Waals surface area contributed by atoms with Gasteiger partial charge in [-0.3, -0.25) is 4.79 Å². The lowest BCUT2D eigenvalue weighted by atomic mass is 10.1. The van der Waals surface area contributed by atoms with E-state index in [0.717, 1.165) is 22.5 Å². The third kappa shape index (κ3) is 3.45. The fraction of sp³-hybridized carbons (Fsp3) is 0.273. The lowest BCUT2D eigenvalue weighted by molar-refractivity contribution is -0.128. The number of fused-ring (bicyclic) bond motifs is 1. The Morgan fingerprint density at radius 3 is 2.32 bits per heavy atom. The molecule has 6 nitrogen and oxygen atoms in total. The van der Waals surface area contributed by atoms with E-state index in [-0.39, 0.29) is 5.91 Å². The highest BCUT2D eigenvalue weighted by molar-refractivity contribution is 5.94. The van der Waals surface area contributed by atoms with E-state index in [0.29, 0.717) is 17.3 Å². The van der Waals surface area contributed by atoms with Gasteiger partial charge in [0.1, 0.15) is 11.9 Å². The van der Waals surface area contributed by atoms with Gasteiger partial charge in [-0.1, -0.05) is 18.2 Å². The standard InChI is InChI=1S/C22H23N3O3/c1-13-9-14(2)11-17(10-13)25-20(12-15(3)24-25)23-22(26)21-16(4)27-18-7-5-6-8-19(18)28-21/h5-12,16,21H,1-4H3,(H,23,26). The molecule has 1 amide bonds. The smallest absolute Gasteiger partial charge is 0.270 e. The summed E-state index contributed by atoms with van der Waals surface area (Å²) in [6.45, 7) is 7.80. The van der Waals surface area contributed by atoms with Crippen LogP contribution < -0.4 is 14.8 Å². The fourth-order valence-electron chi connectivity index (χ4n) is 3.46. The summed E-state index contributed by atoms with van der Waals surface area (Å²) in [6.07, 6.45) is -1.16. The first-order valence-electron chi connectivity index (χ1n) is 9.29. The summed E-state index contributed by atoms with van der Waals surface area (Å²) in [7, 11) is 0. The molecule has 0 aliphatic carbocycles. The Bertz CT molecular complexity index is 1020. The summed E-state index contributed by atoms with van der Waals surface area (Å²) in [5, 5.41) is 7.50. The highest BCUT2D eigenvalue weighted by Gasteiger charge is 2.34. The highest BCUT2D eigenvalue weighted by atomic mass is 16.6. The average molecular weight is 377 g/mol. The van der Waals surface area contributed by atoms with E-state index in [1.807, 2.05) is 64.1 Å². The summed E-state index contributed by atoms with van der Waals surface area (Å²) in [6, 6.07) is 15.4. The van der Waals surface area contributed by atoms with Crippen molar-refractivity contribution in [3.05, 3.63) is 65.4 Å². The van der Waals surface area contributed by atoms with Crippen molar-refractivity contribution in [2.45, 2.75) is 39.9 Å². The molecule has 2 atom stereocenters. The molecule has 1 N–H and O–H groups in total. The van der Waals surface area contributed by atoms with E-state index >= 15 is 0 Å². The monoisotopic (exact) mass is 377 g/mol. The number of anilines is 1. The normalized spacial score (nSPS) is 18.0. The lowest BCUT2D eigenvalue weighted by Crippen LogP contribution is -2.46. The van der Waals surface area contributed by atoms with Crippen LogP contribution in [0.1, 0.15) is 23.7 Å². The summed E-state index contributed by atoms with van der Waals surface area (Å²) in [4.78, 5) is 13.0. The minimum atomic E-state index is -0.752. The van der Waals surface area contributed by atoms with E-state index in [4.69, 9.17) is 9.47 Å². The van der Waals surface area contributed by atoms with Gasteiger partial charge in [-0.15, -0.1) is 0 Å². The maximum atomic E-state index is 13.0. The predicted molar refractivity (Wildman–Crippen MR) is 107 cm³/mol. The minimum Gasteiger partial charge on any atom is -0.482 e. The van der Waals surface area contributed by atoms with Crippen LogP contribution in [0.25, 0.3) is 5.69 Å². The van der Waals surface area contributed by atoms with Gasteiger partial charge in [0.2, 0.25) is 6.10 Å². The van der Waals surface area contributed by atoms with Crippen LogP contribution in [0.2, 0.25) is 0 Å². The number of nitrogens with zero attached hydrogens (tertiary/aromatic N) is 2. The van der Waals surface area contributed by atoms with Gasteiger partial charge in [0.15, 0.2) is 11.5 Å². The molecule has 4 rings (SSSR count). The molecule has 28 heavy (non-hydrogen) atoms. The van der Waals surface area contributed by atoms with E-state index in [9.17, 15) is 4.79 Å². The fourth-order valence-corrected chi connectivity index (χ4v) is 3.46. The number of carbonyl (C=O) groups excluding carboxylic acids is 1. The minimum absolute atomic E-state index is 0.271. The van der Waals surface area contributed by atoms with Crippen molar-refractivity contribution in [1.82, 2.24) is 9.78 Å². The number of nitrogens with one attached hydrogen (secondary N) is 1. The van der Waals surface area contributed by atoms with Crippen molar-refractivity contribution in [2.24, 2.45) is 0 Å². The Balaban J connectivity index is 1.61. The molecule has 0 spiro atoms. The van der Waals surface area contributed by atoms with Crippen molar-refractivity contribution in [3.8, 4) is 17.2 Å². The Morgan fingerprint density at radius 2 is 1.64 bits per heavy atom. The van der Waals surface area contributed by atoms with Crippen molar-refractivity contribution >= 4 is 11.7 Å². The Hall–Kier alpha value is -3.28. The molecule has 1 aliphatic heterocycles. The van der Waals surface area contributed by atoms with Crippen LogP contribution in [-0.4, -0.2) is 27.9 Å². The Kier molecular flexibility index (Phi) is 4.55. The molecule has 6 heteroatoms. The average Bonchev–Trinajstić information content (AvgIpc) is 3.00. The number of carbonyl (C=O) groups is 1. The van der Waals surface area contributed by atoms with Crippen LogP contribution in [0.15, 0.2) is 48.5 Å². The molecule has 0 saturated carbocycles. The van der Waals surface area contributed by atoms with E-state index in [1.165, 1.54) is 0 Å². The SMILES string of the molecule is Cc1cc(C)cc(-n2nc(C)cc2NC(=O)C2Oc3ccccc3OC2C)c1. The maximum absolute atomic E-state index is 13.0. The highest BCUT2D eigenvalue weighted by Crippen LogP contribution is 2.33.